The normalized spacial score (nSPS) is 23.4. The Labute approximate surface area is 191 Å². The molecule has 8 heteroatoms. The molecule has 2 N–H and O–H groups in total. The van der Waals surface area contributed by atoms with Gasteiger partial charge in [0.15, 0.2) is 10.8 Å². The Morgan fingerprint density at radius 3 is 2.81 bits per heavy atom. The van der Waals surface area contributed by atoms with Gasteiger partial charge in [0.1, 0.15) is 5.52 Å². The molecule has 0 amide bonds. The lowest BCUT2D eigenvalue weighted by molar-refractivity contribution is 0.296. The van der Waals surface area contributed by atoms with Crippen LogP contribution in [0.25, 0.3) is 16.2 Å². The highest BCUT2D eigenvalue weighted by atomic mass is 35.5. The quantitative estimate of drug-likeness (QED) is 0.549. The van der Waals surface area contributed by atoms with Crippen molar-refractivity contribution in [2.45, 2.75) is 68.0 Å². The molecule has 5 rings (SSSR count). The van der Waals surface area contributed by atoms with Crippen LogP contribution >= 0.6 is 23.4 Å². The number of pyridine rings is 1. The lowest BCUT2D eigenvalue weighted by Crippen LogP contribution is -2.34. The average Bonchev–Trinajstić information content (AvgIpc) is 3.10. The summed E-state index contributed by atoms with van der Waals surface area (Å²) >= 11 is 8.33. The highest BCUT2D eigenvalue weighted by molar-refractivity contribution is 7.99. The number of nitrogens with zero attached hydrogens (tertiary/aromatic N) is 5. The predicted molar refractivity (Wildman–Crippen MR) is 124 cm³/mol. The fourth-order valence-electron chi connectivity index (χ4n) is 4.55. The summed E-state index contributed by atoms with van der Waals surface area (Å²) in [5, 5.41) is 1.58. The van der Waals surface area contributed by atoms with Crippen LogP contribution in [0.4, 0.5) is 0 Å². The third-order valence-corrected chi connectivity index (χ3v) is 7.76. The van der Waals surface area contributed by atoms with E-state index in [1.54, 1.807) is 18.6 Å². The van der Waals surface area contributed by atoms with Crippen LogP contribution in [0.5, 0.6) is 0 Å². The first kappa shape index (κ1) is 20.8. The SMILES string of the molecule is CCC1=C(Cl)c2c(nc(Sc3cnc4nccnc4c3)nc2C2CC[C@@H](C)[C@@H](N)C2)C1. The third kappa shape index (κ3) is 3.95. The topological polar surface area (TPSA) is 90.5 Å². The van der Waals surface area contributed by atoms with Crippen molar-refractivity contribution in [1.82, 2.24) is 24.9 Å². The van der Waals surface area contributed by atoms with E-state index in [-0.39, 0.29) is 6.04 Å². The van der Waals surface area contributed by atoms with Crippen LogP contribution in [0, 0.1) is 5.92 Å². The highest BCUT2D eigenvalue weighted by Crippen LogP contribution is 2.44. The van der Waals surface area contributed by atoms with Gasteiger partial charge in [0.05, 0.1) is 16.4 Å². The van der Waals surface area contributed by atoms with Crippen molar-refractivity contribution in [3.63, 3.8) is 0 Å². The Balaban J connectivity index is 1.53. The van der Waals surface area contributed by atoms with Crippen molar-refractivity contribution in [3.05, 3.63) is 47.2 Å². The van der Waals surface area contributed by atoms with Crippen molar-refractivity contribution in [3.8, 4) is 0 Å². The molecule has 1 saturated carbocycles. The number of rotatable bonds is 4. The number of hydrogen-bond acceptors (Lipinski definition) is 7. The van der Waals surface area contributed by atoms with Crippen LogP contribution in [-0.2, 0) is 6.42 Å². The highest BCUT2D eigenvalue weighted by Gasteiger charge is 2.33. The molecule has 0 radical (unpaired) electrons. The summed E-state index contributed by atoms with van der Waals surface area (Å²) in [6.45, 7) is 4.39. The smallest absolute Gasteiger partial charge is 0.193 e. The molecular weight excluding hydrogens is 428 g/mol. The Morgan fingerprint density at radius 2 is 2.00 bits per heavy atom. The van der Waals surface area contributed by atoms with E-state index >= 15 is 0 Å². The van der Waals surface area contributed by atoms with E-state index in [1.165, 1.54) is 17.3 Å². The minimum Gasteiger partial charge on any atom is -0.327 e. The standard InChI is InChI=1S/C23H25ClN6S/c1-3-13-9-17-19(20(13)24)21(14-5-4-12(2)16(25)8-14)30-23(29-17)31-15-10-18-22(28-11-15)27-7-6-26-18/h6-7,10-12,14,16H,3-5,8-9,25H2,1-2H3/t12-,14?,16+/m1/s1. The van der Waals surface area contributed by atoms with Crippen molar-refractivity contribution in [2.75, 3.05) is 0 Å². The number of halogens is 1. The Bertz CT molecular complexity index is 1180. The van der Waals surface area contributed by atoms with Gasteiger partial charge in [-0.05, 0) is 55.0 Å². The zero-order valence-electron chi connectivity index (χ0n) is 17.7. The maximum absolute atomic E-state index is 6.81. The number of allylic oxidation sites excluding steroid dienone is 1. The Morgan fingerprint density at radius 1 is 1.16 bits per heavy atom. The molecule has 2 aliphatic carbocycles. The van der Waals surface area contributed by atoms with E-state index in [4.69, 9.17) is 27.3 Å². The molecule has 0 aromatic carbocycles. The zero-order valence-corrected chi connectivity index (χ0v) is 19.2. The van der Waals surface area contributed by atoms with Gasteiger partial charge in [0.25, 0.3) is 0 Å². The molecule has 6 nitrogen and oxygen atoms in total. The summed E-state index contributed by atoms with van der Waals surface area (Å²) in [4.78, 5) is 23.9. The number of fused-ring (bicyclic) bond motifs is 2. The van der Waals surface area contributed by atoms with E-state index in [9.17, 15) is 0 Å². The first-order chi connectivity index (χ1) is 15.0. The van der Waals surface area contributed by atoms with Gasteiger partial charge >= 0.3 is 0 Å². The van der Waals surface area contributed by atoms with Crippen LogP contribution in [0.1, 0.15) is 62.4 Å². The first-order valence-electron chi connectivity index (χ1n) is 10.8. The minimum absolute atomic E-state index is 0.193. The molecule has 1 unspecified atom stereocenters. The van der Waals surface area contributed by atoms with Gasteiger partial charge in [0.2, 0.25) is 0 Å². The molecule has 0 bridgehead atoms. The van der Waals surface area contributed by atoms with Crippen molar-refractivity contribution in [2.24, 2.45) is 11.7 Å². The summed E-state index contributed by atoms with van der Waals surface area (Å²) in [6.07, 6.45) is 9.98. The van der Waals surface area contributed by atoms with E-state index in [0.29, 0.717) is 17.5 Å². The fourth-order valence-corrected chi connectivity index (χ4v) is 5.75. The molecule has 0 spiro atoms. The molecule has 0 aliphatic heterocycles. The van der Waals surface area contributed by atoms with Gasteiger partial charge in [-0.2, -0.15) is 0 Å². The van der Waals surface area contributed by atoms with Crippen molar-refractivity contribution < 1.29 is 0 Å². The van der Waals surface area contributed by atoms with Crippen molar-refractivity contribution in [1.29, 1.82) is 0 Å². The molecule has 160 valence electrons. The zero-order chi connectivity index (χ0) is 21.5. The van der Waals surface area contributed by atoms with E-state index < -0.39 is 0 Å². The maximum atomic E-state index is 6.81. The minimum atomic E-state index is 0.193. The van der Waals surface area contributed by atoms with Gasteiger partial charge in [0, 0.05) is 47.4 Å². The molecule has 3 heterocycles. The van der Waals surface area contributed by atoms with Crippen LogP contribution in [0.15, 0.2) is 40.3 Å². The summed E-state index contributed by atoms with van der Waals surface area (Å²) in [7, 11) is 0. The van der Waals surface area contributed by atoms with Gasteiger partial charge in [-0.1, -0.05) is 25.4 Å². The summed E-state index contributed by atoms with van der Waals surface area (Å²) in [5.41, 5.74) is 12.2. The number of aromatic nitrogens is 5. The molecule has 3 atom stereocenters. The Hall–Kier alpha value is -2.09. The molecule has 3 aromatic rings. The monoisotopic (exact) mass is 452 g/mol. The predicted octanol–water partition coefficient (Wildman–Crippen LogP) is 5.11. The van der Waals surface area contributed by atoms with E-state index in [0.717, 1.165) is 69.7 Å². The molecule has 3 aromatic heterocycles. The van der Waals surface area contributed by atoms with E-state index in [2.05, 4.69) is 28.8 Å². The van der Waals surface area contributed by atoms with Gasteiger partial charge in [-0.15, -0.1) is 0 Å². The van der Waals surface area contributed by atoms with Crippen molar-refractivity contribution >= 4 is 39.6 Å². The lowest BCUT2D eigenvalue weighted by Gasteiger charge is -2.32. The van der Waals surface area contributed by atoms with Gasteiger partial charge < -0.3 is 5.73 Å². The number of nitrogens with two attached hydrogens (primary N) is 1. The molecule has 2 aliphatic rings. The van der Waals surface area contributed by atoms with Crippen LogP contribution < -0.4 is 5.73 Å². The molecule has 31 heavy (non-hydrogen) atoms. The largest absolute Gasteiger partial charge is 0.327 e. The van der Waals surface area contributed by atoms with Crippen LogP contribution in [-0.4, -0.2) is 31.0 Å². The summed E-state index contributed by atoms with van der Waals surface area (Å²) in [6, 6.07) is 2.18. The fraction of sp³-hybridized carbons (Fsp3) is 0.435. The third-order valence-electron chi connectivity index (χ3n) is 6.48. The average molecular weight is 453 g/mol. The molecule has 0 saturated heterocycles. The molecular formula is C23H25ClN6S. The Kier molecular flexibility index (Phi) is 5.67. The lowest BCUT2D eigenvalue weighted by atomic mass is 9.77. The van der Waals surface area contributed by atoms with Crippen LogP contribution in [0.2, 0.25) is 0 Å². The second-order valence-electron chi connectivity index (χ2n) is 8.48. The second-order valence-corrected chi connectivity index (χ2v) is 9.90. The summed E-state index contributed by atoms with van der Waals surface area (Å²) in [5.74, 6) is 0.856. The second kappa shape index (κ2) is 8.45. The molecule has 1 fully saturated rings. The van der Waals surface area contributed by atoms with Gasteiger partial charge in [-0.3, -0.25) is 4.98 Å². The van der Waals surface area contributed by atoms with E-state index in [1.807, 2.05) is 6.07 Å². The summed E-state index contributed by atoms with van der Waals surface area (Å²) < 4.78 is 0. The maximum Gasteiger partial charge on any atom is 0.193 e. The number of hydrogen-bond donors (Lipinski definition) is 1. The van der Waals surface area contributed by atoms with Gasteiger partial charge in [-0.25, -0.2) is 19.9 Å². The first-order valence-corrected chi connectivity index (χ1v) is 12.0. The van der Waals surface area contributed by atoms with Crippen LogP contribution in [0.3, 0.4) is 0 Å².